The maximum Gasteiger partial charge on any atom is 0.342 e. The molecule has 11 heteroatoms. The molecule has 46 heavy (non-hydrogen) atoms. The lowest BCUT2D eigenvalue weighted by Gasteiger charge is -2.36. The third-order valence-electron chi connectivity index (χ3n) is 7.97. The van der Waals surface area contributed by atoms with E-state index in [9.17, 15) is 19.7 Å². The smallest absolute Gasteiger partial charge is 0.342 e. The molecule has 1 unspecified atom stereocenters. The third-order valence-corrected chi connectivity index (χ3v) is 9.77. The molecule has 0 saturated carbocycles. The van der Waals surface area contributed by atoms with Gasteiger partial charge in [-0.1, -0.05) is 79.7 Å². The van der Waals surface area contributed by atoms with Crippen LogP contribution in [-0.2, 0) is 25.6 Å². The minimum atomic E-state index is -0.527. The van der Waals surface area contributed by atoms with Gasteiger partial charge in [-0.25, -0.2) is 9.55 Å². The molecule has 4 aromatic rings. The van der Waals surface area contributed by atoms with Crippen molar-refractivity contribution in [2.24, 2.45) is 5.92 Å². The van der Waals surface area contributed by atoms with Crippen LogP contribution in [0.15, 0.2) is 91.1 Å². The third kappa shape index (κ3) is 8.14. The summed E-state index contributed by atoms with van der Waals surface area (Å²) in [7, 11) is 1.69. The Labute approximate surface area is 273 Å². The second kappa shape index (κ2) is 16.6. The van der Waals surface area contributed by atoms with E-state index >= 15 is 0 Å². The van der Waals surface area contributed by atoms with Crippen molar-refractivity contribution in [1.29, 1.82) is 0 Å². The number of carbonyl (C=O) groups is 2. The lowest BCUT2D eigenvalue weighted by molar-refractivity contribution is -0.392. The summed E-state index contributed by atoms with van der Waals surface area (Å²) in [6, 6.07) is 29.6. The zero-order valence-corrected chi connectivity index (χ0v) is 27.2. The van der Waals surface area contributed by atoms with E-state index < -0.39 is 9.67 Å². The van der Waals surface area contributed by atoms with Crippen molar-refractivity contribution < 1.29 is 24.0 Å². The molecule has 1 fully saturated rings. The van der Waals surface area contributed by atoms with Crippen molar-refractivity contribution >= 4 is 30.0 Å². The molecular weight excluding hydrogens is 604 g/mol. The number of amides is 1. The van der Waals surface area contributed by atoms with Crippen molar-refractivity contribution in [2.45, 2.75) is 38.0 Å². The van der Waals surface area contributed by atoms with Gasteiger partial charge in [0.05, 0.1) is 11.9 Å². The summed E-state index contributed by atoms with van der Waals surface area (Å²) in [4.78, 5) is 38.7. The summed E-state index contributed by atoms with van der Waals surface area (Å²) in [5.41, 5.74) is 3.60. The topological polar surface area (TPSA) is 117 Å². The van der Waals surface area contributed by atoms with E-state index in [2.05, 4.69) is 89.4 Å². The molecule has 10 nitrogen and oxygen atoms in total. The fraction of sp³-hybridized carbons (Fsp3) is 0.343. The van der Waals surface area contributed by atoms with Crippen LogP contribution in [0.25, 0.3) is 0 Å². The monoisotopic (exact) mass is 644 g/mol. The molecular formula is C35H40N4O6S. The first kappa shape index (κ1) is 34.2. The number of aromatic nitrogens is 2. The van der Waals surface area contributed by atoms with E-state index in [0.29, 0.717) is 12.3 Å². The molecule has 1 aliphatic heterocycles. The highest BCUT2D eigenvalue weighted by Gasteiger charge is 2.38. The molecule has 5 rings (SSSR count). The molecule has 0 N–H and O–H groups in total. The van der Waals surface area contributed by atoms with Crippen molar-refractivity contribution in [3.8, 4) is 5.75 Å². The number of nitrogens with zero attached hydrogens (tertiary/aromatic N) is 4. The molecule has 1 aromatic heterocycles. The number of methoxy groups -OCH3 is 1. The van der Waals surface area contributed by atoms with Crippen LogP contribution in [0.4, 0.5) is 5.82 Å². The van der Waals surface area contributed by atoms with Crippen LogP contribution >= 0.6 is 11.8 Å². The number of imidazole rings is 1. The first-order valence-corrected chi connectivity index (χ1v) is 16.2. The van der Waals surface area contributed by atoms with Gasteiger partial charge in [0.15, 0.2) is 5.82 Å². The van der Waals surface area contributed by atoms with Crippen molar-refractivity contribution in [3.63, 3.8) is 0 Å². The lowest BCUT2D eigenvalue weighted by atomic mass is 9.84. The Morgan fingerprint density at radius 3 is 2.09 bits per heavy atom. The summed E-state index contributed by atoms with van der Waals surface area (Å²) < 4.78 is 10.8. The normalized spacial score (nSPS) is 13.3. The Morgan fingerprint density at radius 1 is 1.00 bits per heavy atom. The molecule has 3 aromatic carbocycles. The molecule has 0 spiro atoms. The van der Waals surface area contributed by atoms with Gasteiger partial charge in [-0.3, -0.25) is 9.59 Å². The van der Waals surface area contributed by atoms with E-state index in [4.69, 9.17) is 4.74 Å². The average Bonchev–Trinajstić information content (AvgIpc) is 3.77. The van der Waals surface area contributed by atoms with Crippen LogP contribution in [0.1, 0.15) is 42.3 Å². The Bertz CT molecular complexity index is 1520. The van der Waals surface area contributed by atoms with Crippen LogP contribution in [0.5, 0.6) is 5.75 Å². The number of hydrogen-bond donors (Lipinski definition) is 0. The van der Waals surface area contributed by atoms with Gasteiger partial charge in [0.1, 0.15) is 25.1 Å². The standard InChI is InChI=1S/C28H31NO2S.C7H9N3O4/c1-22(27(30)29-19-9-10-20-29)21-32-28(23-11-5-3-6-12-23,24-13-7-4-8-14-24)25-15-17-26(31-2)18-16-25;1-6-8-4-7(10(12)13)9(6)2-3-14-5-11/h3-8,11-18,22H,9-10,19-21H2,1-2H3;4-5H,2-3H2,1H3. The van der Waals surface area contributed by atoms with Gasteiger partial charge in [0.2, 0.25) is 5.91 Å². The fourth-order valence-corrected chi connectivity index (χ4v) is 7.11. The summed E-state index contributed by atoms with van der Waals surface area (Å²) >= 11 is 1.85. The van der Waals surface area contributed by atoms with E-state index in [1.807, 2.05) is 28.8 Å². The van der Waals surface area contributed by atoms with Gasteiger partial charge in [-0.15, -0.1) is 11.8 Å². The largest absolute Gasteiger partial charge is 0.497 e. The van der Waals surface area contributed by atoms with Crippen molar-refractivity contribution in [3.05, 3.63) is 124 Å². The highest BCUT2D eigenvalue weighted by atomic mass is 32.2. The van der Waals surface area contributed by atoms with E-state index in [1.165, 1.54) is 27.5 Å². The first-order valence-electron chi connectivity index (χ1n) is 15.2. The minimum absolute atomic E-state index is 0.0388. The average molecular weight is 645 g/mol. The molecule has 1 saturated heterocycles. The number of ether oxygens (including phenoxy) is 2. The van der Waals surface area contributed by atoms with E-state index in [1.54, 1.807) is 14.0 Å². The molecule has 0 radical (unpaired) electrons. The number of likely N-dealkylation sites (tertiary alicyclic amines) is 1. The Morgan fingerprint density at radius 2 is 1.57 bits per heavy atom. The SMILES string of the molecule is COc1ccc(C(SCC(C)C(=O)N2CCCC2)(c2ccccc2)c2ccccc2)cc1.Cc1ncc([N+](=O)[O-])n1CCOC=O. The van der Waals surface area contributed by atoms with Gasteiger partial charge in [-0.05, 0) is 46.6 Å². The van der Waals surface area contributed by atoms with Gasteiger partial charge in [0, 0.05) is 31.7 Å². The minimum Gasteiger partial charge on any atom is -0.497 e. The fourth-order valence-electron chi connectivity index (χ4n) is 5.56. The second-order valence-electron chi connectivity index (χ2n) is 10.9. The quantitative estimate of drug-likeness (QED) is 0.0551. The predicted molar refractivity (Wildman–Crippen MR) is 179 cm³/mol. The maximum atomic E-state index is 13.1. The van der Waals surface area contributed by atoms with E-state index in [-0.39, 0.29) is 30.8 Å². The number of benzene rings is 3. The van der Waals surface area contributed by atoms with Crippen LogP contribution in [0.2, 0.25) is 0 Å². The lowest BCUT2D eigenvalue weighted by Crippen LogP contribution is -2.35. The summed E-state index contributed by atoms with van der Waals surface area (Å²) in [5.74, 6) is 2.24. The van der Waals surface area contributed by atoms with Gasteiger partial charge < -0.3 is 24.5 Å². The number of thioether (sulfide) groups is 1. The maximum absolute atomic E-state index is 13.1. The van der Waals surface area contributed by atoms with Gasteiger partial charge in [-0.2, -0.15) is 0 Å². The Balaban J connectivity index is 0.000000288. The highest BCUT2D eigenvalue weighted by molar-refractivity contribution is 8.00. The zero-order chi connectivity index (χ0) is 32.9. The Hall–Kier alpha value is -4.64. The molecule has 2 heterocycles. The molecule has 1 atom stereocenters. The second-order valence-corrected chi connectivity index (χ2v) is 12.2. The molecule has 0 bridgehead atoms. The summed E-state index contributed by atoms with van der Waals surface area (Å²) in [6.07, 6.45) is 3.42. The van der Waals surface area contributed by atoms with Crippen LogP contribution in [-0.4, -0.2) is 64.3 Å². The Kier molecular flexibility index (Phi) is 12.4. The van der Waals surface area contributed by atoms with Crippen molar-refractivity contribution in [1.82, 2.24) is 14.5 Å². The molecule has 1 amide bonds. The first-order chi connectivity index (χ1) is 22.3. The van der Waals surface area contributed by atoms with Crippen molar-refractivity contribution in [2.75, 3.05) is 32.6 Å². The molecule has 242 valence electrons. The predicted octanol–water partition coefficient (Wildman–Crippen LogP) is 6.25. The van der Waals surface area contributed by atoms with Gasteiger partial charge in [0.25, 0.3) is 6.47 Å². The summed E-state index contributed by atoms with van der Waals surface area (Å²) in [6.45, 7) is 6.15. The summed E-state index contributed by atoms with van der Waals surface area (Å²) in [5, 5.41) is 10.5. The number of nitro groups is 1. The van der Waals surface area contributed by atoms with Crippen LogP contribution < -0.4 is 4.74 Å². The number of hydrogen-bond acceptors (Lipinski definition) is 8. The van der Waals surface area contributed by atoms with E-state index in [0.717, 1.165) is 37.4 Å². The van der Waals surface area contributed by atoms with Gasteiger partial charge >= 0.3 is 5.82 Å². The number of aryl methyl sites for hydroxylation is 1. The highest BCUT2D eigenvalue weighted by Crippen LogP contribution is 2.49. The molecule has 1 aliphatic rings. The van der Waals surface area contributed by atoms with Crippen LogP contribution in [0, 0.1) is 23.0 Å². The molecule has 0 aliphatic carbocycles. The zero-order valence-electron chi connectivity index (χ0n) is 26.4. The van der Waals surface area contributed by atoms with Crippen LogP contribution in [0.3, 0.4) is 0 Å². The number of carbonyl (C=O) groups excluding carboxylic acids is 2. The number of rotatable bonds is 13.